The molecule has 1 aliphatic carbocycles. The topological polar surface area (TPSA) is 72.4 Å². The van der Waals surface area contributed by atoms with Crippen molar-refractivity contribution in [3.05, 3.63) is 54.4 Å². The van der Waals surface area contributed by atoms with E-state index in [4.69, 9.17) is 5.73 Å². The zero-order valence-corrected chi connectivity index (χ0v) is 15.0. The number of aromatic nitrogens is 2. The second-order valence-electron chi connectivity index (χ2n) is 7.23. The molecule has 3 aromatic rings. The van der Waals surface area contributed by atoms with Gasteiger partial charge in [-0.25, -0.2) is 4.52 Å². The Labute approximate surface area is 153 Å². The van der Waals surface area contributed by atoms with Crippen molar-refractivity contribution in [3.8, 4) is 11.1 Å². The summed E-state index contributed by atoms with van der Waals surface area (Å²) in [5.41, 5.74) is 9.96. The number of nitrogens with two attached hydrogens (primary N) is 1. The molecule has 0 spiro atoms. The van der Waals surface area contributed by atoms with Crippen LogP contribution in [0.5, 0.6) is 0 Å². The third-order valence-electron chi connectivity index (χ3n) is 5.45. The number of hydrogen-bond donors (Lipinski definition) is 2. The highest BCUT2D eigenvalue weighted by Crippen LogP contribution is 2.32. The monoisotopic (exact) mass is 348 g/mol. The summed E-state index contributed by atoms with van der Waals surface area (Å²) in [6.07, 6.45) is 8.37. The van der Waals surface area contributed by atoms with E-state index in [-0.39, 0.29) is 0 Å². The second-order valence-corrected chi connectivity index (χ2v) is 7.23. The number of carbonyl (C=O) groups excluding carboxylic acids is 1. The van der Waals surface area contributed by atoms with E-state index >= 15 is 0 Å². The molecule has 0 aliphatic heterocycles. The number of primary amides is 1. The fourth-order valence-electron chi connectivity index (χ4n) is 3.90. The van der Waals surface area contributed by atoms with E-state index in [0.717, 1.165) is 28.8 Å². The van der Waals surface area contributed by atoms with Crippen molar-refractivity contribution in [1.82, 2.24) is 9.61 Å². The summed E-state index contributed by atoms with van der Waals surface area (Å²) in [5, 5.41) is 8.02. The van der Waals surface area contributed by atoms with E-state index in [9.17, 15) is 4.79 Å². The predicted octanol–water partition coefficient (Wildman–Crippen LogP) is 4.09. The van der Waals surface area contributed by atoms with Crippen LogP contribution in [0, 0.1) is 5.92 Å². The number of benzene rings is 1. The normalized spacial score (nSPS) is 20.2. The maximum atomic E-state index is 12.0. The Bertz CT molecular complexity index is 932. The van der Waals surface area contributed by atoms with E-state index in [1.54, 1.807) is 6.20 Å². The Balaban J connectivity index is 1.81. The fraction of sp³-hybridized carbons (Fsp3) is 0.333. The van der Waals surface area contributed by atoms with Gasteiger partial charge in [0, 0.05) is 17.8 Å². The standard InChI is InChI=1S/C21H24N4O/c1-14-7-5-6-10-18(14)24-20-17(21(22)26)12-23-25-13-16(11-19(20)25)15-8-3-2-4-9-15/h2-4,8-9,11-14,18,24H,5-7,10H2,1H3,(H2,22,26). The maximum absolute atomic E-state index is 12.0. The summed E-state index contributed by atoms with van der Waals surface area (Å²) in [6.45, 7) is 2.27. The summed E-state index contributed by atoms with van der Waals surface area (Å²) >= 11 is 0. The lowest BCUT2D eigenvalue weighted by Gasteiger charge is -2.31. The summed E-state index contributed by atoms with van der Waals surface area (Å²) in [5.74, 6) is 0.120. The highest BCUT2D eigenvalue weighted by atomic mass is 16.1. The molecule has 1 saturated carbocycles. The van der Waals surface area contributed by atoms with Crippen molar-refractivity contribution in [3.63, 3.8) is 0 Å². The Morgan fingerprint density at radius 2 is 1.96 bits per heavy atom. The van der Waals surface area contributed by atoms with Crippen molar-refractivity contribution in [2.45, 2.75) is 38.6 Å². The lowest BCUT2D eigenvalue weighted by molar-refractivity contribution is 0.100. The number of anilines is 1. The number of carbonyl (C=O) groups is 1. The highest BCUT2D eigenvalue weighted by Gasteiger charge is 2.24. The van der Waals surface area contributed by atoms with Gasteiger partial charge in [0.25, 0.3) is 5.91 Å². The van der Waals surface area contributed by atoms with E-state index in [1.165, 1.54) is 19.3 Å². The van der Waals surface area contributed by atoms with Crippen LogP contribution < -0.4 is 11.1 Å². The van der Waals surface area contributed by atoms with Crippen molar-refractivity contribution in [1.29, 1.82) is 0 Å². The van der Waals surface area contributed by atoms with Gasteiger partial charge in [0.2, 0.25) is 0 Å². The van der Waals surface area contributed by atoms with E-state index in [2.05, 4.69) is 35.5 Å². The molecule has 5 nitrogen and oxygen atoms in total. The minimum atomic E-state index is -0.451. The number of hydrogen-bond acceptors (Lipinski definition) is 3. The number of rotatable bonds is 4. The van der Waals surface area contributed by atoms with Crippen LogP contribution in [0.3, 0.4) is 0 Å². The Morgan fingerprint density at radius 3 is 2.69 bits per heavy atom. The largest absolute Gasteiger partial charge is 0.380 e. The quantitative estimate of drug-likeness (QED) is 0.746. The van der Waals surface area contributed by atoms with Crippen LogP contribution in [0.4, 0.5) is 5.69 Å². The first-order valence-corrected chi connectivity index (χ1v) is 9.26. The van der Waals surface area contributed by atoms with Crippen molar-refractivity contribution < 1.29 is 4.79 Å². The zero-order chi connectivity index (χ0) is 18.1. The van der Waals surface area contributed by atoms with Crippen LogP contribution in [-0.2, 0) is 0 Å². The minimum absolute atomic E-state index is 0.350. The average molecular weight is 348 g/mol. The van der Waals surface area contributed by atoms with E-state index < -0.39 is 5.91 Å². The molecule has 0 radical (unpaired) electrons. The van der Waals surface area contributed by atoms with Crippen molar-refractivity contribution in [2.75, 3.05) is 5.32 Å². The number of nitrogens with zero attached hydrogens (tertiary/aromatic N) is 2. The van der Waals surface area contributed by atoms with Gasteiger partial charge in [-0.3, -0.25) is 4.79 Å². The molecule has 2 unspecified atom stereocenters. The molecule has 2 aromatic heterocycles. The van der Waals surface area contributed by atoms with E-state index in [0.29, 0.717) is 17.5 Å². The molecule has 1 fully saturated rings. The first kappa shape index (κ1) is 16.6. The first-order chi connectivity index (χ1) is 12.6. The number of fused-ring (bicyclic) bond motifs is 1. The summed E-state index contributed by atoms with van der Waals surface area (Å²) in [6, 6.07) is 12.6. The molecule has 1 amide bonds. The Kier molecular flexibility index (Phi) is 4.37. The van der Waals surface area contributed by atoms with Gasteiger partial charge in [0.15, 0.2) is 0 Å². The molecular formula is C21H24N4O. The first-order valence-electron chi connectivity index (χ1n) is 9.26. The SMILES string of the molecule is CC1CCCCC1Nc1c(C(N)=O)cnn2cc(-c3ccccc3)cc12. The smallest absolute Gasteiger partial charge is 0.252 e. The molecule has 5 heteroatoms. The second kappa shape index (κ2) is 6.83. The van der Waals surface area contributed by atoms with Crippen molar-refractivity contribution >= 4 is 17.1 Å². The van der Waals surface area contributed by atoms with Crippen LogP contribution in [0.2, 0.25) is 0 Å². The highest BCUT2D eigenvalue weighted by molar-refractivity contribution is 6.02. The van der Waals surface area contributed by atoms with E-state index in [1.807, 2.05) is 28.9 Å². The third-order valence-corrected chi connectivity index (χ3v) is 5.45. The molecule has 0 saturated heterocycles. The lowest BCUT2D eigenvalue weighted by Crippen LogP contribution is -2.31. The van der Waals surface area contributed by atoms with Gasteiger partial charge >= 0.3 is 0 Å². The van der Waals surface area contributed by atoms with Gasteiger partial charge in [-0.05, 0) is 30.4 Å². The predicted molar refractivity (Wildman–Crippen MR) is 104 cm³/mol. The molecule has 2 heterocycles. The van der Waals surface area contributed by atoms with Gasteiger partial charge in [-0.2, -0.15) is 5.10 Å². The number of nitrogens with one attached hydrogen (secondary N) is 1. The van der Waals surface area contributed by atoms with Gasteiger partial charge in [0.05, 0.1) is 23.0 Å². The maximum Gasteiger partial charge on any atom is 0.252 e. The Hall–Kier alpha value is -2.82. The van der Waals surface area contributed by atoms with Crippen LogP contribution in [0.25, 0.3) is 16.6 Å². The van der Waals surface area contributed by atoms with Crippen LogP contribution in [0.15, 0.2) is 48.8 Å². The molecule has 1 aliphatic rings. The number of amides is 1. The van der Waals surface area contributed by atoms with Gasteiger partial charge in [0.1, 0.15) is 0 Å². The average Bonchev–Trinajstić information content (AvgIpc) is 3.09. The van der Waals surface area contributed by atoms with Crippen LogP contribution in [-0.4, -0.2) is 21.6 Å². The van der Waals surface area contributed by atoms with Crippen LogP contribution >= 0.6 is 0 Å². The third kappa shape index (κ3) is 3.05. The minimum Gasteiger partial charge on any atom is -0.380 e. The molecule has 26 heavy (non-hydrogen) atoms. The van der Waals surface area contributed by atoms with Gasteiger partial charge < -0.3 is 11.1 Å². The molecule has 1 aromatic carbocycles. The summed E-state index contributed by atoms with van der Waals surface area (Å²) in [7, 11) is 0. The van der Waals surface area contributed by atoms with Crippen molar-refractivity contribution in [2.24, 2.45) is 11.7 Å². The van der Waals surface area contributed by atoms with Gasteiger partial charge in [-0.1, -0.05) is 50.1 Å². The molecule has 134 valence electrons. The summed E-state index contributed by atoms with van der Waals surface area (Å²) < 4.78 is 1.82. The molecular weight excluding hydrogens is 324 g/mol. The summed E-state index contributed by atoms with van der Waals surface area (Å²) in [4.78, 5) is 12.0. The lowest BCUT2D eigenvalue weighted by atomic mass is 9.85. The van der Waals surface area contributed by atoms with Crippen LogP contribution in [0.1, 0.15) is 43.0 Å². The molecule has 3 N–H and O–H groups in total. The van der Waals surface area contributed by atoms with Gasteiger partial charge in [-0.15, -0.1) is 0 Å². The molecule has 0 bridgehead atoms. The Morgan fingerprint density at radius 1 is 1.19 bits per heavy atom. The zero-order valence-electron chi connectivity index (χ0n) is 15.0. The fourth-order valence-corrected chi connectivity index (χ4v) is 3.90. The molecule has 4 rings (SSSR count). The molecule has 2 atom stereocenters.